The van der Waals surface area contributed by atoms with Crippen molar-refractivity contribution in [1.82, 2.24) is 19.6 Å². The molecule has 16 heavy (non-hydrogen) atoms. The number of aromatic nitrogens is 4. The molecule has 0 fully saturated rings. The van der Waals surface area contributed by atoms with Gasteiger partial charge in [-0.2, -0.15) is 0 Å². The molecule has 0 aliphatic carbocycles. The van der Waals surface area contributed by atoms with Crippen molar-refractivity contribution in [3.05, 3.63) is 22.5 Å². The van der Waals surface area contributed by atoms with Crippen molar-refractivity contribution in [2.75, 3.05) is 5.84 Å². The molecule has 0 aliphatic heterocycles. The molecule has 2 aromatic heterocycles. The van der Waals surface area contributed by atoms with Crippen molar-refractivity contribution >= 4 is 16.9 Å². The van der Waals surface area contributed by atoms with Crippen LogP contribution in [0.4, 0.5) is 0 Å². The Bertz CT molecular complexity index is 610. The third kappa shape index (κ3) is 1.37. The number of nitrogen functional groups attached to an aromatic ring is 1. The first-order valence-electron chi connectivity index (χ1n) is 4.77. The maximum absolute atomic E-state index is 11.7. The minimum absolute atomic E-state index is 0.0698. The van der Waals surface area contributed by atoms with Crippen molar-refractivity contribution in [2.24, 2.45) is 5.92 Å². The Kier molecular flexibility index (Phi) is 2.22. The fraction of sp³-hybridized carbons (Fsp3) is 0.333. The van der Waals surface area contributed by atoms with E-state index < -0.39 is 5.56 Å². The molecule has 2 rings (SSSR count). The van der Waals surface area contributed by atoms with Crippen LogP contribution in [-0.4, -0.2) is 25.4 Å². The van der Waals surface area contributed by atoms with Crippen LogP contribution in [0.5, 0.6) is 0 Å². The van der Waals surface area contributed by atoms with Gasteiger partial charge in [-0.3, -0.25) is 9.59 Å². The van der Waals surface area contributed by atoms with Crippen LogP contribution in [0.2, 0.25) is 0 Å². The summed E-state index contributed by atoms with van der Waals surface area (Å²) in [5.74, 6) is 4.88. The molecule has 0 aromatic carbocycles. The largest absolute Gasteiger partial charge is 0.339 e. The van der Waals surface area contributed by atoms with Crippen LogP contribution < -0.4 is 11.4 Å². The number of ketones is 1. The summed E-state index contributed by atoms with van der Waals surface area (Å²) in [7, 11) is 0. The zero-order valence-electron chi connectivity index (χ0n) is 8.89. The van der Waals surface area contributed by atoms with Crippen LogP contribution in [0.25, 0.3) is 11.2 Å². The predicted octanol–water partition coefficient (Wildman–Crippen LogP) is -0.328. The monoisotopic (exact) mass is 221 g/mol. The van der Waals surface area contributed by atoms with Crippen molar-refractivity contribution in [2.45, 2.75) is 13.8 Å². The molecule has 0 unspecified atom stereocenters. The van der Waals surface area contributed by atoms with Crippen LogP contribution in [0.3, 0.4) is 0 Å². The quantitative estimate of drug-likeness (QED) is 0.533. The van der Waals surface area contributed by atoms with E-state index in [1.54, 1.807) is 13.8 Å². The molecule has 0 spiro atoms. The van der Waals surface area contributed by atoms with Crippen LogP contribution in [-0.2, 0) is 0 Å². The average molecular weight is 221 g/mol. The minimum Gasteiger partial charge on any atom is -0.339 e. The molecule has 0 radical (unpaired) electrons. The van der Waals surface area contributed by atoms with Gasteiger partial charge in [0.05, 0.1) is 6.33 Å². The first-order valence-corrected chi connectivity index (χ1v) is 4.77. The molecule has 84 valence electrons. The molecule has 0 saturated heterocycles. The Balaban J connectivity index is 2.76. The minimum atomic E-state index is -0.508. The summed E-state index contributed by atoms with van der Waals surface area (Å²) in [5, 5.41) is 0. The second-order valence-electron chi connectivity index (χ2n) is 3.73. The molecule has 0 amide bonds. The van der Waals surface area contributed by atoms with E-state index in [2.05, 4.69) is 15.0 Å². The molecule has 7 heteroatoms. The van der Waals surface area contributed by atoms with E-state index in [9.17, 15) is 9.59 Å². The van der Waals surface area contributed by atoms with Gasteiger partial charge in [-0.1, -0.05) is 13.8 Å². The van der Waals surface area contributed by atoms with Gasteiger partial charge in [-0.25, -0.2) is 14.6 Å². The highest BCUT2D eigenvalue weighted by molar-refractivity contribution is 5.95. The van der Waals surface area contributed by atoms with Crippen LogP contribution >= 0.6 is 0 Å². The van der Waals surface area contributed by atoms with Gasteiger partial charge < -0.3 is 10.8 Å². The Hall–Kier alpha value is -2.18. The topological polar surface area (TPSA) is 107 Å². The molecular weight excluding hydrogens is 210 g/mol. The lowest BCUT2D eigenvalue weighted by Crippen LogP contribution is -2.34. The number of nitrogens with two attached hydrogens (primary N) is 1. The normalized spacial score (nSPS) is 11.2. The van der Waals surface area contributed by atoms with E-state index in [4.69, 9.17) is 5.84 Å². The zero-order valence-corrected chi connectivity index (χ0v) is 8.89. The molecule has 7 nitrogen and oxygen atoms in total. The molecule has 3 N–H and O–H groups in total. The predicted molar refractivity (Wildman–Crippen MR) is 57.5 cm³/mol. The molecule has 0 aliphatic rings. The number of carbonyl (C=O) groups is 1. The Labute approximate surface area is 90.3 Å². The van der Waals surface area contributed by atoms with E-state index in [-0.39, 0.29) is 28.7 Å². The van der Waals surface area contributed by atoms with Gasteiger partial charge in [0.25, 0.3) is 5.56 Å². The number of nitrogens with zero attached hydrogens (tertiary/aromatic N) is 3. The van der Waals surface area contributed by atoms with Gasteiger partial charge in [-0.05, 0) is 0 Å². The van der Waals surface area contributed by atoms with E-state index in [1.807, 2.05) is 0 Å². The summed E-state index contributed by atoms with van der Waals surface area (Å²) in [6, 6.07) is 0. The highest BCUT2D eigenvalue weighted by atomic mass is 16.1. The molecular formula is C9H11N5O2. The first-order chi connectivity index (χ1) is 7.52. The fourth-order valence-electron chi connectivity index (χ4n) is 1.33. The summed E-state index contributed by atoms with van der Waals surface area (Å²) < 4.78 is 0.753. The number of H-pyrrole nitrogens is 1. The third-order valence-electron chi connectivity index (χ3n) is 2.24. The number of carbonyl (C=O) groups excluding carboxylic acids is 1. The van der Waals surface area contributed by atoms with Crippen molar-refractivity contribution in [1.29, 1.82) is 0 Å². The van der Waals surface area contributed by atoms with E-state index in [0.29, 0.717) is 0 Å². The second-order valence-corrected chi connectivity index (χ2v) is 3.73. The van der Waals surface area contributed by atoms with Crippen molar-refractivity contribution in [3.63, 3.8) is 0 Å². The van der Waals surface area contributed by atoms with E-state index in [0.717, 1.165) is 4.68 Å². The summed E-state index contributed by atoms with van der Waals surface area (Å²) in [6.45, 7) is 3.42. The average Bonchev–Trinajstić information content (AvgIpc) is 2.70. The Morgan fingerprint density at radius 3 is 2.88 bits per heavy atom. The zero-order chi connectivity index (χ0) is 11.9. The lowest BCUT2D eigenvalue weighted by atomic mass is 10.1. The van der Waals surface area contributed by atoms with Gasteiger partial charge in [0.2, 0.25) is 11.6 Å². The number of nitrogens with one attached hydrogen (secondary N) is 1. The smallest absolute Gasteiger partial charge is 0.298 e. The Morgan fingerprint density at radius 1 is 1.56 bits per heavy atom. The van der Waals surface area contributed by atoms with E-state index in [1.165, 1.54) is 6.33 Å². The van der Waals surface area contributed by atoms with Crippen LogP contribution in [0.15, 0.2) is 11.1 Å². The Morgan fingerprint density at radius 2 is 2.25 bits per heavy atom. The SMILES string of the molecule is CC(C)C(=O)c1nc2nc[nH]c2c(=O)n1N. The first kappa shape index (κ1) is 10.3. The second kappa shape index (κ2) is 3.44. The van der Waals surface area contributed by atoms with Gasteiger partial charge >= 0.3 is 0 Å². The van der Waals surface area contributed by atoms with E-state index >= 15 is 0 Å². The molecule has 2 aromatic rings. The number of imidazole rings is 1. The standard InChI is InChI=1S/C9H11N5O2/c1-4(2)6(15)8-13-7-5(11-3-12-7)9(16)14(8)10/h3-4H,10H2,1-2H3,(H,11,12). The summed E-state index contributed by atoms with van der Waals surface area (Å²) in [5.41, 5.74) is -0.106. The van der Waals surface area contributed by atoms with Gasteiger partial charge in [0.1, 0.15) is 0 Å². The summed E-state index contributed by atoms with van der Waals surface area (Å²) in [4.78, 5) is 33.9. The maximum atomic E-state index is 11.7. The summed E-state index contributed by atoms with van der Waals surface area (Å²) in [6.07, 6.45) is 1.34. The number of fused-ring (bicyclic) bond motifs is 1. The fourth-order valence-corrected chi connectivity index (χ4v) is 1.33. The highest BCUT2D eigenvalue weighted by Crippen LogP contribution is 2.06. The lowest BCUT2D eigenvalue weighted by molar-refractivity contribution is 0.0925. The van der Waals surface area contributed by atoms with Crippen molar-refractivity contribution in [3.8, 4) is 0 Å². The van der Waals surface area contributed by atoms with Gasteiger partial charge in [-0.15, -0.1) is 0 Å². The van der Waals surface area contributed by atoms with Gasteiger partial charge in [0.15, 0.2) is 11.2 Å². The van der Waals surface area contributed by atoms with Crippen LogP contribution in [0.1, 0.15) is 24.5 Å². The number of rotatable bonds is 2. The van der Waals surface area contributed by atoms with Crippen LogP contribution in [0, 0.1) is 5.92 Å². The molecule has 0 atom stereocenters. The highest BCUT2D eigenvalue weighted by Gasteiger charge is 2.19. The number of aromatic amines is 1. The molecule has 0 bridgehead atoms. The molecule has 2 heterocycles. The number of hydrogen-bond acceptors (Lipinski definition) is 5. The molecule has 0 saturated carbocycles. The lowest BCUT2D eigenvalue weighted by Gasteiger charge is -2.07. The number of hydrogen-bond donors (Lipinski definition) is 2. The number of Topliss-reactive ketones (excluding diaryl/α,β-unsaturated/α-hetero) is 1. The van der Waals surface area contributed by atoms with Crippen molar-refractivity contribution < 1.29 is 4.79 Å². The maximum Gasteiger partial charge on any atom is 0.298 e. The third-order valence-corrected chi connectivity index (χ3v) is 2.24. The summed E-state index contributed by atoms with van der Waals surface area (Å²) >= 11 is 0. The van der Waals surface area contributed by atoms with Gasteiger partial charge in [0, 0.05) is 5.92 Å².